The van der Waals surface area contributed by atoms with Crippen molar-refractivity contribution in [3.63, 3.8) is 0 Å². The van der Waals surface area contributed by atoms with Gasteiger partial charge in [0.2, 0.25) is 0 Å². The number of aromatic nitrogens is 2. The Morgan fingerprint density at radius 1 is 1.45 bits per heavy atom. The second-order valence-corrected chi connectivity index (χ2v) is 7.41. The number of carboxylic acid groups (broad SMARTS) is 1. The van der Waals surface area contributed by atoms with E-state index < -0.39 is 35.5 Å². The molecule has 1 aromatic heterocycles. The molecule has 1 aromatic carbocycles. The molecule has 2 aromatic rings. The molecule has 3 rings (SSSR count). The van der Waals surface area contributed by atoms with Gasteiger partial charge in [0.05, 0.1) is 18.5 Å². The van der Waals surface area contributed by atoms with E-state index in [4.69, 9.17) is 10.5 Å². The molecule has 33 heavy (non-hydrogen) atoms. The van der Waals surface area contributed by atoms with E-state index in [-0.39, 0.29) is 37.4 Å². The first-order chi connectivity index (χ1) is 15.8. The molecule has 0 saturated carbocycles. The molecule has 174 valence electrons. The summed E-state index contributed by atoms with van der Waals surface area (Å²) in [7, 11) is 0. The quantitative estimate of drug-likeness (QED) is 0.507. The highest BCUT2D eigenvalue weighted by Gasteiger charge is 2.55. The van der Waals surface area contributed by atoms with Gasteiger partial charge in [-0.3, -0.25) is 14.4 Å². The number of carbonyl (C=O) groups excluding carboxylic acids is 2. The van der Waals surface area contributed by atoms with Crippen LogP contribution in [0.3, 0.4) is 0 Å². The van der Waals surface area contributed by atoms with Crippen LogP contribution in [-0.4, -0.2) is 57.0 Å². The summed E-state index contributed by atoms with van der Waals surface area (Å²) >= 11 is 0. The van der Waals surface area contributed by atoms with E-state index in [9.17, 15) is 29.1 Å². The Labute approximate surface area is 188 Å². The van der Waals surface area contributed by atoms with E-state index >= 15 is 0 Å². The summed E-state index contributed by atoms with van der Waals surface area (Å²) in [5.41, 5.74) is 4.25. The van der Waals surface area contributed by atoms with Gasteiger partial charge in [-0.25, -0.2) is 9.18 Å². The standard InChI is InChI=1S/C21H23FN6O5/c1-2-33-21(8-10-29)16(11-23)17(7-9-27(21)20(31)32)28-12-15(18(24)30)19(26-28)25-14-5-3-13(22)4-6-14/h3-6,10,12,16-17H,2,7-9H2,1H3,(H2,24,30)(H,25,26)(H,31,32)/t16-,17+,21?/m1/s1. The van der Waals surface area contributed by atoms with Crippen LogP contribution in [0.5, 0.6) is 0 Å². The number of nitrogens with two attached hydrogens (primary N) is 1. The third kappa shape index (κ3) is 4.49. The monoisotopic (exact) mass is 458 g/mol. The van der Waals surface area contributed by atoms with Crippen molar-refractivity contribution >= 4 is 29.8 Å². The minimum atomic E-state index is -1.72. The molecule has 11 nitrogen and oxygen atoms in total. The van der Waals surface area contributed by atoms with E-state index in [1.807, 2.05) is 0 Å². The molecule has 2 amide bonds. The molecule has 1 aliphatic heterocycles. The summed E-state index contributed by atoms with van der Waals surface area (Å²) in [6, 6.07) is 6.72. The Kier molecular flexibility index (Phi) is 6.93. The van der Waals surface area contributed by atoms with E-state index in [1.54, 1.807) is 6.92 Å². The Morgan fingerprint density at radius 3 is 2.70 bits per heavy atom. The molecule has 3 atom stereocenters. The highest BCUT2D eigenvalue weighted by Crippen LogP contribution is 2.43. The number of halogens is 1. The Balaban J connectivity index is 2.04. The number of ether oxygens (including phenoxy) is 1. The maximum absolute atomic E-state index is 13.2. The van der Waals surface area contributed by atoms with Crippen LogP contribution in [-0.2, 0) is 9.53 Å². The van der Waals surface area contributed by atoms with E-state index in [0.717, 1.165) is 4.90 Å². The molecule has 1 saturated heterocycles. The van der Waals surface area contributed by atoms with Crippen LogP contribution in [0.1, 0.15) is 36.2 Å². The first kappa shape index (κ1) is 23.7. The number of nitrogens with one attached hydrogen (secondary N) is 1. The van der Waals surface area contributed by atoms with Crippen molar-refractivity contribution in [3.8, 4) is 6.07 Å². The summed E-state index contributed by atoms with van der Waals surface area (Å²) in [5, 5.41) is 27.0. The smallest absolute Gasteiger partial charge is 0.409 e. The number of nitrogens with zero attached hydrogens (tertiary/aromatic N) is 4. The first-order valence-electron chi connectivity index (χ1n) is 10.2. The van der Waals surface area contributed by atoms with Gasteiger partial charge in [-0.1, -0.05) is 0 Å². The third-order valence-corrected chi connectivity index (χ3v) is 5.56. The lowest BCUT2D eigenvalue weighted by atomic mass is 9.80. The maximum Gasteiger partial charge on any atom is 0.409 e. The predicted molar refractivity (Wildman–Crippen MR) is 113 cm³/mol. The number of amides is 2. The van der Waals surface area contributed by atoms with E-state index in [1.165, 1.54) is 35.1 Å². The van der Waals surface area contributed by atoms with Crippen molar-refractivity contribution in [3.05, 3.63) is 41.8 Å². The number of primary amides is 1. The molecule has 1 aliphatic rings. The second-order valence-electron chi connectivity index (χ2n) is 7.41. The van der Waals surface area contributed by atoms with E-state index in [2.05, 4.69) is 16.5 Å². The number of aldehydes is 1. The highest BCUT2D eigenvalue weighted by atomic mass is 19.1. The van der Waals surface area contributed by atoms with Crippen molar-refractivity contribution in [2.45, 2.75) is 31.5 Å². The summed E-state index contributed by atoms with van der Waals surface area (Å²) < 4.78 is 20.3. The molecule has 1 fully saturated rings. The molecule has 0 spiro atoms. The normalized spacial score (nSPS) is 22.4. The molecule has 0 radical (unpaired) electrons. The lowest BCUT2D eigenvalue weighted by Gasteiger charge is -2.49. The van der Waals surface area contributed by atoms with Crippen LogP contribution in [0, 0.1) is 23.1 Å². The van der Waals surface area contributed by atoms with Crippen molar-refractivity contribution in [1.82, 2.24) is 14.7 Å². The molecular weight excluding hydrogens is 435 g/mol. The van der Waals surface area contributed by atoms with Crippen LogP contribution in [0.2, 0.25) is 0 Å². The predicted octanol–water partition coefficient (Wildman–Crippen LogP) is 2.25. The first-order valence-corrected chi connectivity index (χ1v) is 10.2. The fraction of sp³-hybridized carbons (Fsp3) is 0.381. The summed E-state index contributed by atoms with van der Waals surface area (Å²) in [6.07, 6.45) is 0.372. The van der Waals surface area contributed by atoms with Crippen molar-refractivity contribution in [1.29, 1.82) is 5.26 Å². The molecular formula is C21H23FN6O5. The Bertz CT molecular complexity index is 1080. The van der Waals surface area contributed by atoms with Gasteiger partial charge >= 0.3 is 6.09 Å². The number of hydrogen-bond acceptors (Lipinski definition) is 7. The zero-order valence-corrected chi connectivity index (χ0v) is 17.8. The largest absolute Gasteiger partial charge is 0.465 e. The van der Waals surface area contributed by atoms with Gasteiger partial charge in [-0.15, -0.1) is 0 Å². The number of likely N-dealkylation sites (tertiary alicyclic amines) is 1. The number of benzene rings is 1. The van der Waals surface area contributed by atoms with Crippen molar-refractivity contribution < 1.29 is 28.6 Å². The minimum absolute atomic E-state index is 0.0223. The number of carbonyl (C=O) groups is 3. The molecule has 1 unspecified atom stereocenters. The van der Waals surface area contributed by atoms with Gasteiger partial charge < -0.3 is 25.7 Å². The van der Waals surface area contributed by atoms with Crippen LogP contribution >= 0.6 is 0 Å². The van der Waals surface area contributed by atoms with Gasteiger partial charge in [-0.2, -0.15) is 10.4 Å². The second kappa shape index (κ2) is 9.66. The summed E-state index contributed by atoms with van der Waals surface area (Å²) in [6.45, 7) is 1.67. The maximum atomic E-state index is 13.2. The number of hydrogen-bond donors (Lipinski definition) is 3. The van der Waals surface area contributed by atoms with Gasteiger partial charge in [-0.05, 0) is 37.6 Å². The average Bonchev–Trinajstić information content (AvgIpc) is 3.19. The van der Waals surface area contributed by atoms with Crippen LogP contribution in [0.4, 0.5) is 20.7 Å². The SMILES string of the molecule is CCOC1(CC=O)[C@H](C#N)[C@@H](n2cc(C(N)=O)c(Nc3ccc(F)cc3)n2)CCN1C(=O)O. The number of anilines is 2. The molecule has 12 heteroatoms. The average molecular weight is 458 g/mol. The van der Waals surface area contributed by atoms with Crippen LogP contribution < -0.4 is 11.1 Å². The summed E-state index contributed by atoms with van der Waals surface area (Å²) in [5.74, 6) is -2.26. The Morgan fingerprint density at radius 2 is 2.15 bits per heavy atom. The minimum Gasteiger partial charge on any atom is -0.465 e. The lowest BCUT2D eigenvalue weighted by Crippen LogP contribution is -2.63. The van der Waals surface area contributed by atoms with Gasteiger partial charge in [0.25, 0.3) is 5.91 Å². The zero-order valence-electron chi connectivity index (χ0n) is 17.8. The third-order valence-electron chi connectivity index (χ3n) is 5.56. The molecule has 2 heterocycles. The zero-order chi connectivity index (χ0) is 24.2. The highest BCUT2D eigenvalue weighted by molar-refractivity contribution is 5.98. The number of rotatable bonds is 8. The van der Waals surface area contributed by atoms with Gasteiger partial charge in [0, 0.05) is 25.0 Å². The fourth-order valence-electron chi connectivity index (χ4n) is 4.15. The molecule has 0 aliphatic carbocycles. The Hall–Kier alpha value is -3.98. The van der Waals surface area contributed by atoms with Crippen LogP contribution in [0.15, 0.2) is 30.5 Å². The fourth-order valence-corrected chi connectivity index (χ4v) is 4.15. The number of piperidine rings is 1. The van der Waals surface area contributed by atoms with Crippen molar-refractivity contribution in [2.24, 2.45) is 11.7 Å². The lowest BCUT2D eigenvalue weighted by molar-refractivity contribution is -0.191. The molecule has 0 bridgehead atoms. The topological polar surface area (TPSA) is 164 Å². The van der Waals surface area contributed by atoms with E-state index in [0.29, 0.717) is 12.0 Å². The van der Waals surface area contributed by atoms with Gasteiger partial charge in [0.1, 0.15) is 23.6 Å². The number of nitriles is 1. The van der Waals surface area contributed by atoms with Crippen LogP contribution in [0.25, 0.3) is 0 Å². The van der Waals surface area contributed by atoms with Gasteiger partial charge in [0.15, 0.2) is 11.5 Å². The molecule has 4 N–H and O–H groups in total. The summed E-state index contributed by atoms with van der Waals surface area (Å²) in [4.78, 5) is 36.4. The van der Waals surface area contributed by atoms with Crippen molar-refractivity contribution in [2.75, 3.05) is 18.5 Å².